The molecule has 3 nitrogen and oxygen atoms in total. The van der Waals surface area contributed by atoms with Crippen molar-refractivity contribution in [2.75, 3.05) is 31.6 Å². The molecule has 122 valence electrons. The first kappa shape index (κ1) is 15.9. The molecule has 1 aliphatic rings. The van der Waals surface area contributed by atoms with Gasteiger partial charge in [0.15, 0.2) is 0 Å². The Kier molecular flexibility index (Phi) is 5.93. The Labute approximate surface area is 139 Å². The van der Waals surface area contributed by atoms with Gasteiger partial charge in [0.05, 0.1) is 6.61 Å². The molecule has 0 bridgehead atoms. The molecule has 1 N–H and O–H groups in total. The van der Waals surface area contributed by atoms with Crippen molar-refractivity contribution >= 4 is 11.4 Å². The van der Waals surface area contributed by atoms with E-state index in [0.717, 1.165) is 36.7 Å². The van der Waals surface area contributed by atoms with Gasteiger partial charge in [0.1, 0.15) is 5.75 Å². The molecule has 3 heteroatoms. The minimum Gasteiger partial charge on any atom is -0.494 e. The maximum atomic E-state index is 5.85. The highest BCUT2D eigenvalue weighted by Gasteiger charge is 2.08. The van der Waals surface area contributed by atoms with Crippen molar-refractivity contribution in [3.63, 3.8) is 0 Å². The molecule has 2 aromatic rings. The Balaban J connectivity index is 1.39. The van der Waals surface area contributed by atoms with Gasteiger partial charge in [-0.1, -0.05) is 24.6 Å². The lowest BCUT2D eigenvalue weighted by Crippen LogP contribution is -2.31. The van der Waals surface area contributed by atoms with Crippen LogP contribution in [0.3, 0.4) is 0 Å². The number of piperidine rings is 1. The average molecular weight is 310 g/mol. The third-order valence-electron chi connectivity index (χ3n) is 4.25. The number of nitrogens with zero attached hydrogens (tertiary/aromatic N) is 1. The lowest BCUT2D eigenvalue weighted by atomic mass is 10.1. The van der Waals surface area contributed by atoms with Crippen LogP contribution in [0, 0.1) is 0 Å². The molecule has 0 spiro atoms. The van der Waals surface area contributed by atoms with Crippen LogP contribution in [0.25, 0.3) is 0 Å². The third kappa shape index (κ3) is 5.29. The summed E-state index contributed by atoms with van der Waals surface area (Å²) < 4.78 is 5.85. The highest BCUT2D eigenvalue weighted by molar-refractivity contribution is 5.59. The van der Waals surface area contributed by atoms with Crippen LogP contribution < -0.4 is 10.1 Å². The SMILES string of the molecule is c1ccc(Nc2ccc(OCCCN3CCCCC3)cc2)cc1. The fraction of sp³-hybridized carbons (Fsp3) is 0.400. The molecule has 1 aliphatic heterocycles. The molecular formula is C20H26N2O. The Bertz CT molecular complexity index is 562. The van der Waals surface area contributed by atoms with Gasteiger partial charge in [-0.15, -0.1) is 0 Å². The number of ether oxygens (including phenoxy) is 1. The predicted molar refractivity (Wildman–Crippen MR) is 96.6 cm³/mol. The van der Waals surface area contributed by atoms with E-state index in [1.807, 2.05) is 30.3 Å². The van der Waals surface area contributed by atoms with Gasteiger partial charge in [-0.2, -0.15) is 0 Å². The molecule has 0 atom stereocenters. The Hall–Kier alpha value is -2.00. The number of hydrogen-bond acceptors (Lipinski definition) is 3. The Morgan fingerprint density at radius 1 is 0.826 bits per heavy atom. The van der Waals surface area contributed by atoms with Crippen molar-refractivity contribution < 1.29 is 4.74 Å². The van der Waals surface area contributed by atoms with Crippen LogP contribution in [0.5, 0.6) is 5.75 Å². The third-order valence-corrected chi connectivity index (χ3v) is 4.25. The van der Waals surface area contributed by atoms with E-state index in [0.29, 0.717) is 0 Å². The van der Waals surface area contributed by atoms with Crippen LogP contribution in [-0.2, 0) is 0 Å². The topological polar surface area (TPSA) is 24.5 Å². The summed E-state index contributed by atoms with van der Waals surface area (Å²) >= 11 is 0. The molecule has 1 saturated heterocycles. The molecule has 0 aliphatic carbocycles. The zero-order chi connectivity index (χ0) is 15.7. The summed E-state index contributed by atoms with van der Waals surface area (Å²) in [6.07, 6.45) is 5.22. The minimum atomic E-state index is 0.794. The average Bonchev–Trinajstić information content (AvgIpc) is 2.62. The molecule has 2 aromatic carbocycles. The van der Waals surface area contributed by atoms with Gasteiger partial charge in [0.2, 0.25) is 0 Å². The van der Waals surface area contributed by atoms with Gasteiger partial charge in [-0.05, 0) is 68.8 Å². The van der Waals surface area contributed by atoms with Crippen molar-refractivity contribution in [2.45, 2.75) is 25.7 Å². The van der Waals surface area contributed by atoms with Crippen LogP contribution in [0.15, 0.2) is 54.6 Å². The summed E-state index contributed by atoms with van der Waals surface area (Å²) in [5.41, 5.74) is 2.18. The highest BCUT2D eigenvalue weighted by atomic mass is 16.5. The second-order valence-electron chi connectivity index (χ2n) is 6.12. The summed E-state index contributed by atoms with van der Waals surface area (Å²) in [5.74, 6) is 0.947. The van der Waals surface area contributed by atoms with E-state index in [4.69, 9.17) is 4.74 Å². The number of rotatable bonds is 7. The van der Waals surface area contributed by atoms with Gasteiger partial charge in [0, 0.05) is 17.9 Å². The first-order valence-corrected chi connectivity index (χ1v) is 8.67. The number of benzene rings is 2. The molecule has 23 heavy (non-hydrogen) atoms. The van der Waals surface area contributed by atoms with Crippen molar-refractivity contribution in [1.29, 1.82) is 0 Å². The first-order chi connectivity index (χ1) is 11.4. The van der Waals surface area contributed by atoms with Gasteiger partial charge in [0.25, 0.3) is 0 Å². The van der Waals surface area contributed by atoms with Crippen LogP contribution in [-0.4, -0.2) is 31.1 Å². The first-order valence-electron chi connectivity index (χ1n) is 8.67. The van der Waals surface area contributed by atoms with Crippen LogP contribution in [0.4, 0.5) is 11.4 Å². The maximum absolute atomic E-state index is 5.85. The lowest BCUT2D eigenvalue weighted by molar-refractivity contribution is 0.205. The fourth-order valence-electron chi connectivity index (χ4n) is 2.98. The molecule has 0 amide bonds. The van der Waals surface area contributed by atoms with Gasteiger partial charge in [-0.3, -0.25) is 0 Å². The molecule has 0 unspecified atom stereocenters. The van der Waals surface area contributed by atoms with E-state index in [-0.39, 0.29) is 0 Å². The maximum Gasteiger partial charge on any atom is 0.119 e. The van der Waals surface area contributed by atoms with E-state index >= 15 is 0 Å². The van der Waals surface area contributed by atoms with Crippen molar-refractivity contribution in [3.8, 4) is 5.75 Å². The second-order valence-corrected chi connectivity index (χ2v) is 6.12. The molecule has 1 fully saturated rings. The van der Waals surface area contributed by atoms with Crippen molar-refractivity contribution in [2.24, 2.45) is 0 Å². The van der Waals surface area contributed by atoms with Crippen molar-refractivity contribution in [3.05, 3.63) is 54.6 Å². The zero-order valence-corrected chi connectivity index (χ0v) is 13.7. The normalized spacial score (nSPS) is 15.3. The molecule has 1 heterocycles. The smallest absolute Gasteiger partial charge is 0.119 e. The van der Waals surface area contributed by atoms with E-state index < -0.39 is 0 Å². The highest BCUT2D eigenvalue weighted by Crippen LogP contribution is 2.20. The monoisotopic (exact) mass is 310 g/mol. The van der Waals surface area contributed by atoms with E-state index in [1.54, 1.807) is 0 Å². The number of likely N-dealkylation sites (tertiary alicyclic amines) is 1. The van der Waals surface area contributed by atoms with Crippen molar-refractivity contribution in [1.82, 2.24) is 4.90 Å². The number of anilines is 2. The number of hydrogen-bond donors (Lipinski definition) is 1. The molecule has 3 rings (SSSR count). The summed E-state index contributed by atoms with van der Waals surface area (Å²) in [6, 6.07) is 18.4. The second kappa shape index (κ2) is 8.59. The minimum absolute atomic E-state index is 0.794. The molecule has 0 aromatic heterocycles. The van der Waals surface area contributed by atoms with Crippen LogP contribution in [0.1, 0.15) is 25.7 Å². The summed E-state index contributed by atoms with van der Waals surface area (Å²) in [5, 5.41) is 3.38. The van der Waals surface area contributed by atoms with E-state index in [2.05, 4.69) is 34.5 Å². The Morgan fingerprint density at radius 2 is 1.52 bits per heavy atom. The summed E-state index contributed by atoms with van der Waals surface area (Å²) in [4.78, 5) is 2.56. The number of nitrogens with one attached hydrogen (secondary N) is 1. The van der Waals surface area contributed by atoms with Gasteiger partial charge >= 0.3 is 0 Å². The lowest BCUT2D eigenvalue weighted by Gasteiger charge is -2.26. The van der Waals surface area contributed by atoms with Gasteiger partial charge in [-0.25, -0.2) is 0 Å². The predicted octanol–water partition coefficient (Wildman–Crippen LogP) is 4.69. The fourth-order valence-corrected chi connectivity index (χ4v) is 2.98. The molecule has 0 radical (unpaired) electrons. The van der Waals surface area contributed by atoms with E-state index in [9.17, 15) is 0 Å². The Morgan fingerprint density at radius 3 is 2.26 bits per heavy atom. The van der Waals surface area contributed by atoms with E-state index in [1.165, 1.54) is 32.4 Å². The molecular weight excluding hydrogens is 284 g/mol. The molecule has 0 saturated carbocycles. The quantitative estimate of drug-likeness (QED) is 0.751. The largest absolute Gasteiger partial charge is 0.494 e. The standard InChI is InChI=1S/C20H26N2O/c1-3-8-18(9-4-1)21-19-10-12-20(13-11-19)23-17-7-16-22-14-5-2-6-15-22/h1,3-4,8-13,21H,2,5-7,14-17H2. The van der Waals surface area contributed by atoms with Crippen LogP contribution >= 0.6 is 0 Å². The summed E-state index contributed by atoms with van der Waals surface area (Å²) in [6.45, 7) is 4.48. The summed E-state index contributed by atoms with van der Waals surface area (Å²) in [7, 11) is 0. The zero-order valence-electron chi connectivity index (χ0n) is 13.7. The number of para-hydroxylation sites is 1. The van der Waals surface area contributed by atoms with Gasteiger partial charge < -0.3 is 15.0 Å². The van der Waals surface area contributed by atoms with Crippen LogP contribution in [0.2, 0.25) is 0 Å².